The highest BCUT2D eigenvalue weighted by molar-refractivity contribution is 6.02. The van der Waals surface area contributed by atoms with E-state index in [0.29, 0.717) is 5.56 Å². The lowest BCUT2D eigenvalue weighted by Gasteiger charge is -2.68. The van der Waals surface area contributed by atoms with Crippen molar-refractivity contribution in [3.8, 4) is 0 Å². The van der Waals surface area contributed by atoms with Gasteiger partial charge in [-0.15, -0.1) is 0 Å². The summed E-state index contributed by atoms with van der Waals surface area (Å²) in [5.41, 5.74) is -8.21. The van der Waals surface area contributed by atoms with E-state index >= 15 is 0 Å². The van der Waals surface area contributed by atoms with Gasteiger partial charge in [-0.25, -0.2) is 14.4 Å². The molecule has 1 unspecified atom stereocenters. The van der Waals surface area contributed by atoms with Crippen LogP contribution in [0.3, 0.4) is 0 Å². The first-order chi connectivity index (χ1) is 27.0. The van der Waals surface area contributed by atoms with E-state index in [1.54, 1.807) is 69.3 Å². The molecule has 3 fully saturated rings. The summed E-state index contributed by atoms with van der Waals surface area (Å²) in [5.74, 6) is -5.32. The van der Waals surface area contributed by atoms with Crippen molar-refractivity contribution < 1.29 is 68.1 Å². The zero-order valence-corrected chi connectivity index (χ0v) is 33.9. The lowest BCUT2D eigenvalue weighted by Crippen LogP contribution is -2.82. The van der Waals surface area contributed by atoms with Crippen molar-refractivity contribution in [2.45, 2.75) is 128 Å². The smallest absolute Gasteiger partial charge is 0.408 e. The van der Waals surface area contributed by atoms with Crippen LogP contribution in [0.1, 0.15) is 90.2 Å². The molecule has 15 heteroatoms. The van der Waals surface area contributed by atoms with E-state index in [-0.39, 0.29) is 29.7 Å². The van der Waals surface area contributed by atoms with E-state index in [0.717, 1.165) is 6.92 Å². The summed E-state index contributed by atoms with van der Waals surface area (Å²) in [6.45, 7) is 11.8. The predicted molar refractivity (Wildman–Crippen MR) is 204 cm³/mol. The number of alkyl carbamates (subject to hydrolysis) is 1. The van der Waals surface area contributed by atoms with Gasteiger partial charge in [0.15, 0.2) is 17.5 Å². The van der Waals surface area contributed by atoms with Gasteiger partial charge in [0.25, 0.3) is 0 Å². The van der Waals surface area contributed by atoms with Gasteiger partial charge in [0, 0.05) is 36.2 Å². The third-order valence-electron chi connectivity index (χ3n) is 12.6. The van der Waals surface area contributed by atoms with Gasteiger partial charge in [0.1, 0.15) is 35.6 Å². The first-order valence-electron chi connectivity index (χ1n) is 19.3. The normalized spacial score (nSPS) is 33.7. The Morgan fingerprint density at radius 2 is 1.55 bits per heavy atom. The van der Waals surface area contributed by atoms with Crippen molar-refractivity contribution in [2.24, 2.45) is 16.7 Å². The highest BCUT2D eigenvalue weighted by Gasteiger charge is 2.78. The fraction of sp³-hybridized carbons (Fsp3) is 0.558. The van der Waals surface area contributed by atoms with E-state index in [9.17, 15) is 44.4 Å². The fourth-order valence-electron chi connectivity index (χ4n) is 9.54. The first-order valence-corrected chi connectivity index (χ1v) is 19.3. The molecule has 11 atom stereocenters. The molecule has 1 saturated heterocycles. The number of Topliss-reactive ketones (excluding diaryl/α,β-unsaturated/α-hetero) is 1. The number of hydrogen-bond acceptors (Lipinski definition) is 14. The van der Waals surface area contributed by atoms with E-state index < -0.39 is 112 Å². The molecule has 0 aromatic heterocycles. The van der Waals surface area contributed by atoms with Crippen LogP contribution in [0.4, 0.5) is 4.79 Å². The number of ether oxygens (including phenoxy) is 5. The monoisotopic (exact) mass is 807 g/mol. The molecule has 0 radical (unpaired) electrons. The molecule has 1 amide bonds. The van der Waals surface area contributed by atoms with Gasteiger partial charge in [0.2, 0.25) is 0 Å². The largest absolute Gasteiger partial charge is 0.456 e. The number of nitrogens with one attached hydrogen (secondary N) is 1. The zero-order chi connectivity index (χ0) is 42.7. The van der Waals surface area contributed by atoms with Gasteiger partial charge in [0.05, 0.1) is 30.2 Å². The van der Waals surface area contributed by atoms with Crippen molar-refractivity contribution in [1.82, 2.24) is 5.32 Å². The predicted octanol–water partition coefficient (Wildman–Crippen LogP) is 3.26. The summed E-state index contributed by atoms with van der Waals surface area (Å²) >= 11 is 0. The maximum Gasteiger partial charge on any atom is 0.408 e. The number of ketones is 1. The van der Waals surface area contributed by atoms with Gasteiger partial charge in [-0.2, -0.15) is 0 Å². The van der Waals surface area contributed by atoms with Crippen molar-refractivity contribution in [3.05, 3.63) is 82.9 Å². The lowest BCUT2D eigenvalue weighted by molar-refractivity contribution is -0.357. The highest BCUT2D eigenvalue weighted by Crippen LogP contribution is 2.64. The SMILES string of the molecule is CC(=O)O[C@@]12CO[C@@H]1C[C@H](O)[C@@]1(C)C(O)C(=O)C3=C(C)[C@@H](OC(=O)[C@H](O)[C@@H](NC(=O)OC(C)(C)C)c4ccccc4)C[C@](O)([C@@H](OC(=O)c4ccccc4)[C@H]21)C3(C)C. The average Bonchev–Trinajstić information content (AvgIpc) is 3.14. The quantitative estimate of drug-likeness (QED) is 0.191. The molecule has 6 rings (SSSR count). The van der Waals surface area contributed by atoms with Crippen LogP contribution in [0.2, 0.25) is 0 Å². The van der Waals surface area contributed by atoms with Gasteiger partial charge in [-0.05, 0) is 51.0 Å². The molecular weight excluding hydrogens is 754 g/mol. The topological polar surface area (TPSA) is 224 Å². The van der Waals surface area contributed by atoms with Crippen molar-refractivity contribution in [1.29, 1.82) is 0 Å². The molecule has 3 aliphatic carbocycles. The minimum absolute atomic E-state index is 0.0851. The van der Waals surface area contributed by atoms with E-state index in [1.165, 1.54) is 39.8 Å². The number of aliphatic hydroxyl groups is 4. The Labute approximate surface area is 336 Å². The number of carbonyl (C=O) groups is 5. The standard InChI is InChI=1S/C43H53NO14/c1-22-26(55-37(51)32(48)30(24-15-11-9-12-16-24)44-38(52)58-39(3,4)5)20-43(53)35(56-36(50)25-17-13-10-14-18-25)33-41(8,34(49)31(47)29(22)40(43,6)7)27(46)19-28-42(33,21-54-28)57-23(2)45/h9-18,26-28,30,32-35,46,48-49,53H,19-21H2,1-8H3,(H,44,52)/t26-,27-,28+,30-,32+,33-,34?,35-,41+,42-,43-/m0/s1. The fourth-order valence-corrected chi connectivity index (χ4v) is 9.54. The summed E-state index contributed by atoms with van der Waals surface area (Å²) < 4.78 is 29.5. The van der Waals surface area contributed by atoms with Crippen LogP contribution < -0.4 is 5.32 Å². The number of carbonyl (C=O) groups excluding carboxylic acids is 5. The Hall–Kier alpha value is -4.67. The number of amides is 1. The average molecular weight is 808 g/mol. The second-order valence-corrected chi connectivity index (χ2v) is 17.6. The number of hydrogen-bond donors (Lipinski definition) is 5. The summed E-state index contributed by atoms with van der Waals surface area (Å²) in [4.78, 5) is 68.8. The minimum Gasteiger partial charge on any atom is -0.456 e. The van der Waals surface area contributed by atoms with Crippen molar-refractivity contribution in [2.75, 3.05) is 6.61 Å². The number of rotatable bonds is 8. The Balaban J connectivity index is 1.49. The Kier molecular flexibility index (Phi) is 11.2. The molecule has 2 bridgehead atoms. The number of esters is 3. The van der Waals surface area contributed by atoms with Crippen LogP contribution in [0.15, 0.2) is 71.8 Å². The molecule has 2 saturated carbocycles. The Morgan fingerprint density at radius 3 is 2.10 bits per heavy atom. The maximum atomic E-state index is 14.8. The van der Waals surface area contributed by atoms with Gasteiger partial charge >= 0.3 is 24.0 Å². The van der Waals surface area contributed by atoms with E-state index in [1.807, 2.05) is 0 Å². The number of benzene rings is 2. The second kappa shape index (κ2) is 15.2. The molecular formula is C43H53NO14. The van der Waals surface area contributed by atoms with E-state index in [2.05, 4.69) is 5.32 Å². The third-order valence-corrected chi connectivity index (χ3v) is 12.6. The summed E-state index contributed by atoms with van der Waals surface area (Å²) in [6, 6.07) is 14.6. The first kappa shape index (κ1) is 42.9. The minimum atomic E-state index is -2.37. The molecule has 0 spiro atoms. The van der Waals surface area contributed by atoms with Crippen molar-refractivity contribution in [3.63, 3.8) is 0 Å². The maximum absolute atomic E-state index is 14.8. The van der Waals surface area contributed by atoms with Crippen LogP contribution in [0.25, 0.3) is 0 Å². The van der Waals surface area contributed by atoms with Crippen LogP contribution >= 0.6 is 0 Å². The van der Waals surface area contributed by atoms with Crippen LogP contribution in [-0.2, 0) is 38.1 Å². The molecule has 2 aromatic rings. The molecule has 1 aliphatic heterocycles. The molecule has 15 nitrogen and oxygen atoms in total. The molecule has 4 aliphatic rings. The summed E-state index contributed by atoms with van der Waals surface area (Å²) in [7, 11) is 0. The summed E-state index contributed by atoms with van der Waals surface area (Å²) in [5, 5.41) is 51.7. The van der Waals surface area contributed by atoms with Crippen LogP contribution in [-0.4, -0.2) is 110 Å². The second-order valence-electron chi connectivity index (χ2n) is 17.6. The number of fused-ring (bicyclic) bond motifs is 5. The molecule has 2 aromatic carbocycles. The van der Waals surface area contributed by atoms with E-state index in [4.69, 9.17) is 23.7 Å². The van der Waals surface area contributed by atoms with Gasteiger partial charge in [-0.3, -0.25) is 9.59 Å². The molecule has 1 heterocycles. The van der Waals surface area contributed by atoms with Crippen LogP contribution in [0, 0.1) is 16.7 Å². The van der Waals surface area contributed by atoms with Crippen LogP contribution in [0.5, 0.6) is 0 Å². The third kappa shape index (κ3) is 7.10. The molecule has 58 heavy (non-hydrogen) atoms. The highest BCUT2D eigenvalue weighted by atomic mass is 16.6. The van der Waals surface area contributed by atoms with Gasteiger partial charge in [-0.1, -0.05) is 69.3 Å². The Morgan fingerprint density at radius 1 is 0.948 bits per heavy atom. The van der Waals surface area contributed by atoms with Crippen molar-refractivity contribution >= 4 is 29.8 Å². The summed E-state index contributed by atoms with van der Waals surface area (Å²) in [6.07, 6.45) is -11.4. The number of aliphatic hydroxyl groups excluding tert-OH is 3. The van der Waals surface area contributed by atoms with Gasteiger partial charge < -0.3 is 49.4 Å². The molecule has 5 N–H and O–H groups in total. The Bertz CT molecular complexity index is 1980. The molecule has 314 valence electrons. The lowest BCUT2D eigenvalue weighted by atomic mass is 9.44. The zero-order valence-electron chi connectivity index (χ0n) is 33.9.